The third kappa shape index (κ3) is 3.17. The van der Waals surface area contributed by atoms with Crippen LogP contribution >= 0.6 is 0 Å². The predicted molar refractivity (Wildman–Crippen MR) is 89.6 cm³/mol. The number of piperidine rings is 1. The van der Waals surface area contributed by atoms with Crippen molar-refractivity contribution < 1.29 is 0 Å². The maximum absolute atomic E-state index is 3.79. The molecule has 2 nitrogen and oxygen atoms in total. The number of fused-ring (bicyclic) bond motifs is 2. The first-order valence-electron chi connectivity index (χ1n) is 8.57. The first kappa shape index (κ1) is 15.1. The fraction of sp³-hybridized carbons (Fsp3) is 0.684. The molecule has 0 spiro atoms. The van der Waals surface area contributed by atoms with E-state index >= 15 is 0 Å². The van der Waals surface area contributed by atoms with Crippen LogP contribution in [0.15, 0.2) is 18.2 Å². The fourth-order valence-electron chi connectivity index (χ4n) is 4.46. The average Bonchev–Trinajstić information content (AvgIpc) is 2.67. The largest absolute Gasteiger partial charge is 0.310 e. The van der Waals surface area contributed by atoms with E-state index in [2.05, 4.69) is 56.2 Å². The van der Waals surface area contributed by atoms with E-state index in [1.807, 2.05) is 0 Å². The summed E-state index contributed by atoms with van der Waals surface area (Å²) < 4.78 is 0. The normalized spacial score (nSPS) is 30.6. The number of hydrogen-bond acceptors (Lipinski definition) is 2. The van der Waals surface area contributed by atoms with E-state index in [1.165, 1.54) is 48.9 Å². The molecule has 1 aromatic carbocycles. The third-order valence-electron chi connectivity index (χ3n) is 5.80. The minimum atomic E-state index is 0.461. The van der Waals surface area contributed by atoms with Gasteiger partial charge in [-0.05, 0) is 77.1 Å². The number of aryl methyl sites for hydroxylation is 2. The molecular weight excluding hydrogens is 256 g/mol. The summed E-state index contributed by atoms with van der Waals surface area (Å²) in [5.41, 5.74) is 4.23. The molecular formula is C19H30N2. The molecule has 1 N–H and O–H groups in total. The smallest absolute Gasteiger partial charge is 0.0294 e. The lowest BCUT2D eigenvalue weighted by Crippen LogP contribution is -2.42. The van der Waals surface area contributed by atoms with Crippen molar-refractivity contribution in [2.45, 2.75) is 64.6 Å². The van der Waals surface area contributed by atoms with Gasteiger partial charge in [-0.1, -0.05) is 23.8 Å². The standard InChI is InChI=1S/C19H30N2/c1-13-5-8-19(14(2)9-13)15(3)20-12-16-10-17-6-7-18(11-16)21(17)4/h5,8-9,15-18,20H,6-7,10-12H2,1-4H3. The molecule has 2 saturated heterocycles. The second kappa shape index (κ2) is 6.10. The highest BCUT2D eigenvalue weighted by molar-refractivity contribution is 5.32. The quantitative estimate of drug-likeness (QED) is 0.905. The molecule has 2 heterocycles. The fourth-order valence-corrected chi connectivity index (χ4v) is 4.46. The Morgan fingerprint density at radius 1 is 1.19 bits per heavy atom. The maximum Gasteiger partial charge on any atom is 0.0294 e. The molecule has 0 radical (unpaired) electrons. The number of nitrogens with one attached hydrogen (secondary N) is 1. The van der Waals surface area contributed by atoms with Crippen LogP contribution in [0.1, 0.15) is 55.3 Å². The highest BCUT2D eigenvalue weighted by atomic mass is 15.2. The van der Waals surface area contributed by atoms with Gasteiger partial charge in [-0.15, -0.1) is 0 Å². The summed E-state index contributed by atoms with van der Waals surface area (Å²) in [7, 11) is 2.32. The van der Waals surface area contributed by atoms with Crippen molar-refractivity contribution in [1.82, 2.24) is 10.2 Å². The summed E-state index contributed by atoms with van der Waals surface area (Å²) in [6, 6.07) is 8.99. The topological polar surface area (TPSA) is 15.3 Å². The van der Waals surface area contributed by atoms with E-state index in [4.69, 9.17) is 0 Å². The Kier molecular flexibility index (Phi) is 4.37. The van der Waals surface area contributed by atoms with Gasteiger partial charge in [0.25, 0.3) is 0 Å². The van der Waals surface area contributed by atoms with Crippen LogP contribution in [-0.2, 0) is 0 Å². The van der Waals surface area contributed by atoms with Crippen LogP contribution in [0.3, 0.4) is 0 Å². The summed E-state index contributed by atoms with van der Waals surface area (Å²) in [4.78, 5) is 2.63. The van der Waals surface area contributed by atoms with Gasteiger partial charge in [-0.2, -0.15) is 0 Å². The Hall–Kier alpha value is -0.860. The Morgan fingerprint density at radius 3 is 2.48 bits per heavy atom. The molecule has 0 aromatic heterocycles. The summed E-state index contributed by atoms with van der Waals surface area (Å²) in [5.74, 6) is 0.868. The molecule has 0 aliphatic carbocycles. The first-order chi connectivity index (χ1) is 10.0. The van der Waals surface area contributed by atoms with E-state index in [0.717, 1.165) is 18.0 Å². The van der Waals surface area contributed by atoms with Crippen molar-refractivity contribution in [3.63, 3.8) is 0 Å². The number of nitrogens with zero attached hydrogens (tertiary/aromatic N) is 1. The molecule has 2 bridgehead atoms. The van der Waals surface area contributed by atoms with E-state index in [-0.39, 0.29) is 0 Å². The van der Waals surface area contributed by atoms with Crippen molar-refractivity contribution in [3.05, 3.63) is 34.9 Å². The SMILES string of the molecule is Cc1ccc(C(C)NCC2CC3CCC(C2)N3C)c(C)c1. The van der Waals surface area contributed by atoms with Crippen molar-refractivity contribution >= 4 is 0 Å². The van der Waals surface area contributed by atoms with Crippen molar-refractivity contribution in [2.75, 3.05) is 13.6 Å². The molecule has 1 aromatic rings. The van der Waals surface area contributed by atoms with Crippen LogP contribution < -0.4 is 5.32 Å². The van der Waals surface area contributed by atoms with E-state index in [9.17, 15) is 0 Å². The lowest BCUT2D eigenvalue weighted by Gasteiger charge is -2.37. The summed E-state index contributed by atoms with van der Waals surface area (Å²) in [6.07, 6.45) is 5.62. The molecule has 3 rings (SSSR count). The molecule has 0 saturated carbocycles. The van der Waals surface area contributed by atoms with Crippen LogP contribution in [0.5, 0.6) is 0 Å². The zero-order valence-corrected chi connectivity index (χ0v) is 14.0. The first-order valence-corrected chi connectivity index (χ1v) is 8.57. The molecule has 21 heavy (non-hydrogen) atoms. The lowest BCUT2D eigenvalue weighted by atomic mass is 9.90. The minimum Gasteiger partial charge on any atom is -0.310 e. The average molecular weight is 286 g/mol. The Labute approximate surface area is 129 Å². The summed E-state index contributed by atoms with van der Waals surface area (Å²) >= 11 is 0. The molecule has 0 amide bonds. The van der Waals surface area contributed by atoms with E-state index in [1.54, 1.807) is 0 Å². The molecule has 3 unspecified atom stereocenters. The van der Waals surface area contributed by atoms with Crippen molar-refractivity contribution in [2.24, 2.45) is 5.92 Å². The minimum absolute atomic E-state index is 0.461. The van der Waals surface area contributed by atoms with Gasteiger partial charge in [-0.3, -0.25) is 0 Å². The van der Waals surface area contributed by atoms with Crippen LogP contribution in [0.2, 0.25) is 0 Å². The molecule has 2 heteroatoms. The Morgan fingerprint density at radius 2 is 1.86 bits per heavy atom. The molecule has 3 atom stereocenters. The van der Waals surface area contributed by atoms with Gasteiger partial charge in [-0.25, -0.2) is 0 Å². The zero-order valence-electron chi connectivity index (χ0n) is 14.0. The highest BCUT2D eigenvalue weighted by Gasteiger charge is 2.38. The van der Waals surface area contributed by atoms with Gasteiger partial charge >= 0.3 is 0 Å². The molecule has 2 fully saturated rings. The third-order valence-corrected chi connectivity index (χ3v) is 5.80. The van der Waals surface area contributed by atoms with Gasteiger partial charge in [0.15, 0.2) is 0 Å². The number of rotatable bonds is 4. The van der Waals surface area contributed by atoms with Gasteiger partial charge in [0.1, 0.15) is 0 Å². The van der Waals surface area contributed by atoms with Crippen molar-refractivity contribution in [3.8, 4) is 0 Å². The van der Waals surface area contributed by atoms with E-state index in [0.29, 0.717) is 6.04 Å². The highest BCUT2D eigenvalue weighted by Crippen LogP contribution is 2.37. The van der Waals surface area contributed by atoms with Crippen LogP contribution in [0.25, 0.3) is 0 Å². The van der Waals surface area contributed by atoms with Crippen LogP contribution in [0.4, 0.5) is 0 Å². The predicted octanol–water partition coefficient (Wildman–Crippen LogP) is 3.83. The zero-order chi connectivity index (χ0) is 15.0. The summed E-state index contributed by atoms with van der Waals surface area (Å²) in [5, 5.41) is 3.79. The van der Waals surface area contributed by atoms with Crippen LogP contribution in [0, 0.1) is 19.8 Å². The molecule has 116 valence electrons. The molecule has 2 aliphatic heterocycles. The second-order valence-electron chi connectivity index (χ2n) is 7.38. The van der Waals surface area contributed by atoms with Gasteiger partial charge in [0.05, 0.1) is 0 Å². The van der Waals surface area contributed by atoms with Gasteiger partial charge < -0.3 is 10.2 Å². The lowest BCUT2D eigenvalue weighted by molar-refractivity contribution is 0.131. The van der Waals surface area contributed by atoms with Gasteiger partial charge in [0, 0.05) is 18.1 Å². The molecule has 2 aliphatic rings. The van der Waals surface area contributed by atoms with Gasteiger partial charge in [0.2, 0.25) is 0 Å². The maximum atomic E-state index is 3.79. The Balaban J connectivity index is 1.55. The number of hydrogen-bond donors (Lipinski definition) is 1. The number of benzene rings is 1. The van der Waals surface area contributed by atoms with Crippen molar-refractivity contribution in [1.29, 1.82) is 0 Å². The summed E-state index contributed by atoms with van der Waals surface area (Å²) in [6.45, 7) is 7.88. The Bertz CT molecular complexity index is 482. The second-order valence-corrected chi connectivity index (χ2v) is 7.38. The monoisotopic (exact) mass is 286 g/mol. The van der Waals surface area contributed by atoms with E-state index < -0.39 is 0 Å². The van der Waals surface area contributed by atoms with Crippen LogP contribution in [-0.4, -0.2) is 30.6 Å².